The van der Waals surface area contributed by atoms with Gasteiger partial charge in [-0.1, -0.05) is 35.3 Å². The molecular weight excluding hydrogens is 391 g/mol. The SMILES string of the molecule is S=C(NCCCn1cc(Cl)cn1)Nc1cnn(Cc2cccc(Cl)c2)c1. The Labute approximate surface area is 167 Å². The number of anilines is 1. The number of aryl methyl sites for hydroxylation is 1. The highest BCUT2D eigenvalue weighted by atomic mass is 35.5. The van der Waals surface area contributed by atoms with Crippen LogP contribution in [0.15, 0.2) is 49.1 Å². The molecule has 0 aliphatic rings. The molecule has 26 heavy (non-hydrogen) atoms. The lowest BCUT2D eigenvalue weighted by molar-refractivity contribution is 0.574. The summed E-state index contributed by atoms with van der Waals surface area (Å²) in [4.78, 5) is 0. The molecule has 0 saturated carbocycles. The smallest absolute Gasteiger partial charge is 0.170 e. The number of thiocarbonyl (C=S) groups is 1. The largest absolute Gasteiger partial charge is 0.362 e. The third-order valence-electron chi connectivity index (χ3n) is 3.58. The van der Waals surface area contributed by atoms with Gasteiger partial charge in [0.15, 0.2) is 5.11 Å². The standard InChI is InChI=1S/C17H18Cl2N6S/c18-14-4-1-3-13(7-14)10-25-12-16(9-22-25)23-17(26)20-5-2-6-24-11-15(19)8-21-24/h1,3-4,7-9,11-12H,2,5-6,10H2,(H2,20,23,26). The minimum absolute atomic E-state index is 0.561. The molecule has 2 N–H and O–H groups in total. The van der Waals surface area contributed by atoms with Crippen LogP contribution in [0.1, 0.15) is 12.0 Å². The summed E-state index contributed by atoms with van der Waals surface area (Å²) in [5.74, 6) is 0. The van der Waals surface area contributed by atoms with Crippen LogP contribution >= 0.6 is 35.4 Å². The van der Waals surface area contributed by atoms with Crippen molar-refractivity contribution >= 4 is 46.2 Å². The number of nitrogens with zero attached hydrogens (tertiary/aromatic N) is 4. The fourth-order valence-electron chi connectivity index (χ4n) is 2.42. The van der Waals surface area contributed by atoms with Crippen LogP contribution in [0.25, 0.3) is 0 Å². The van der Waals surface area contributed by atoms with Crippen molar-refractivity contribution in [3.63, 3.8) is 0 Å². The van der Waals surface area contributed by atoms with E-state index in [2.05, 4.69) is 20.8 Å². The Morgan fingerprint density at radius 2 is 1.92 bits per heavy atom. The van der Waals surface area contributed by atoms with Gasteiger partial charge in [-0.15, -0.1) is 0 Å². The zero-order chi connectivity index (χ0) is 18.4. The van der Waals surface area contributed by atoms with E-state index in [1.807, 2.05) is 35.1 Å². The average molecular weight is 409 g/mol. The molecule has 9 heteroatoms. The molecule has 1 aromatic carbocycles. The Hall–Kier alpha value is -2.09. The van der Waals surface area contributed by atoms with Crippen LogP contribution in [-0.4, -0.2) is 31.2 Å². The van der Waals surface area contributed by atoms with E-state index in [0.717, 1.165) is 35.8 Å². The molecule has 0 bridgehead atoms. The van der Waals surface area contributed by atoms with Gasteiger partial charge in [-0.05, 0) is 36.3 Å². The Morgan fingerprint density at radius 1 is 1.08 bits per heavy atom. The van der Waals surface area contributed by atoms with Gasteiger partial charge in [0, 0.05) is 30.5 Å². The third kappa shape index (κ3) is 5.72. The molecule has 2 aromatic heterocycles. The monoisotopic (exact) mass is 408 g/mol. The predicted molar refractivity (Wildman–Crippen MR) is 109 cm³/mol. The normalized spacial score (nSPS) is 10.7. The van der Waals surface area contributed by atoms with Crippen molar-refractivity contribution in [2.75, 3.05) is 11.9 Å². The molecule has 6 nitrogen and oxygen atoms in total. The van der Waals surface area contributed by atoms with Crippen molar-refractivity contribution in [1.82, 2.24) is 24.9 Å². The maximum atomic E-state index is 6.01. The number of hydrogen-bond acceptors (Lipinski definition) is 3. The lowest BCUT2D eigenvalue weighted by Crippen LogP contribution is -2.29. The van der Waals surface area contributed by atoms with Crippen molar-refractivity contribution in [2.24, 2.45) is 0 Å². The maximum absolute atomic E-state index is 6.01. The van der Waals surface area contributed by atoms with Crippen molar-refractivity contribution in [2.45, 2.75) is 19.5 Å². The molecule has 3 aromatic rings. The lowest BCUT2D eigenvalue weighted by atomic mass is 10.2. The second-order valence-corrected chi connectivity index (χ2v) is 6.99. The Bertz CT molecular complexity index is 876. The number of benzene rings is 1. The fourth-order valence-corrected chi connectivity index (χ4v) is 3.00. The molecule has 0 amide bonds. The van der Waals surface area contributed by atoms with Gasteiger partial charge in [0.1, 0.15) is 0 Å². The predicted octanol–water partition coefficient (Wildman–Crippen LogP) is 3.81. The van der Waals surface area contributed by atoms with Crippen LogP contribution in [0, 0.1) is 0 Å². The van der Waals surface area contributed by atoms with Gasteiger partial charge in [0.25, 0.3) is 0 Å². The van der Waals surface area contributed by atoms with Gasteiger partial charge in [-0.3, -0.25) is 9.36 Å². The summed E-state index contributed by atoms with van der Waals surface area (Å²) < 4.78 is 3.64. The number of halogens is 2. The topological polar surface area (TPSA) is 59.7 Å². The van der Waals surface area contributed by atoms with Crippen LogP contribution in [0.3, 0.4) is 0 Å². The number of nitrogens with one attached hydrogen (secondary N) is 2. The molecule has 0 aliphatic carbocycles. The summed E-state index contributed by atoms with van der Waals surface area (Å²) in [6.45, 7) is 2.16. The summed E-state index contributed by atoms with van der Waals surface area (Å²) in [7, 11) is 0. The second kappa shape index (κ2) is 9.02. The molecule has 0 saturated heterocycles. The first-order chi connectivity index (χ1) is 12.6. The maximum Gasteiger partial charge on any atom is 0.170 e. The van der Waals surface area contributed by atoms with Crippen LogP contribution in [0.4, 0.5) is 5.69 Å². The van der Waals surface area contributed by atoms with Gasteiger partial charge in [-0.2, -0.15) is 10.2 Å². The molecule has 0 spiro atoms. The Kier molecular flexibility index (Phi) is 6.49. The molecule has 2 heterocycles. The first-order valence-corrected chi connectivity index (χ1v) is 9.24. The summed E-state index contributed by atoms with van der Waals surface area (Å²) >= 11 is 17.1. The number of aromatic nitrogens is 4. The molecule has 0 unspecified atom stereocenters. The summed E-state index contributed by atoms with van der Waals surface area (Å²) in [5, 5.41) is 16.7. The zero-order valence-electron chi connectivity index (χ0n) is 13.9. The van der Waals surface area contributed by atoms with E-state index in [9.17, 15) is 0 Å². The molecule has 0 aliphatic heterocycles. The van der Waals surface area contributed by atoms with E-state index >= 15 is 0 Å². The lowest BCUT2D eigenvalue weighted by Gasteiger charge is -2.08. The highest BCUT2D eigenvalue weighted by Gasteiger charge is 2.03. The number of hydrogen-bond donors (Lipinski definition) is 2. The van der Waals surface area contributed by atoms with Crippen molar-refractivity contribution < 1.29 is 0 Å². The van der Waals surface area contributed by atoms with Crippen molar-refractivity contribution in [1.29, 1.82) is 0 Å². The molecule has 0 fully saturated rings. The van der Waals surface area contributed by atoms with Gasteiger partial charge in [-0.25, -0.2) is 0 Å². The fraction of sp³-hybridized carbons (Fsp3) is 0.235. The van der Waals surface area contributed by atoms with Gasteiger partial charge < -0.3 is 10.6 Å². The van der Waals surface area contributed by atoms with Crippen LogP contribution in [-0.2, 0) is 13.1 Å². The minimum Gasteiger partial charge on any atom is -0.362 e. The van der Waals surface area contributed by atoms with E-state index < -0.39 is 0 Å². The highest BCUT2D eigenvalue weighted by Crippen LogP contribution is 2.13. The highest BCUT2D eigenvalue weighted by molar-refractivity contribution is 7.80. The summed E-state index contributed by atoms with van der Waals surface area (Å²) in [5.41, 5.74) is 1.93. The molecule has 136 valence electrons. The van der Waals surface area contributed by atoms with Crippen LogP contribution < -0.4 is 10.6 Å². The van der Waals surface area contributed by atoms with Gasteiger partial charge in [0.2, 0.25) is 0 Å². The van der Waals surface area contributed by atoms with Crippen molar-refractivity contribution in [3.8, 4) is 0 Å². The van der Waals surface area contributed by atoms with Crippen LogP contribution in [0.2, 0.25) is 10.0 Å². The van der Waals surface area contributed by atoms with E-state index in [0.29, 0.717) is 16.7 Å². The molecule has 0 atom stereocenters. The van der Waals surface area contributed by atoms with E-state index in [1.54, 1.807) is 23.3 Å². The van der Waals surface area contributed by atoms with Crippen LogP contribution in [0.5, 0.6) is 0 Å². The second-order valence-electron chi connectivity index (χ2n) is 5.71. The molecule has 3 rings (SSSR count). The first kappa shape index (κ1) is 18.7. The molecular formula is C17H18Cl2N6S. The van der Waals surface area contributed by atoms with E-state index in [1.165, 1.54) is 0 Å². The van der Waals surface area contributed by atoms with Gasteiger partial charge >= 0.3 is 0 Å². The first-order valence-electron chi connectivity index (χ1n) is 8.08. The van der Waals surface area contributed by atoms with Gasteiger partial charge in [0.05, 0.1) is 29.6 Å². The van der Waals surface area contributed by atoms with Crippen molar-refractivity contribution in [3.05, 3.63) is 64.7 Å². The Balaban J connectivity index is 1.41. The average Bonchev–Trinajstić information content (AvgIpc) is 3.21. The quantitative estimate of drug-likeness (QED) is 0.459. The van der Waals surface area contributed by atoms with E-state index in [4.69, 9.17) is 35.4 Å². The number of rotatable bonds is 7. The molecule has 0 radical (unpaired) electrons. The third-order valence-corrected chi connectivity index (χ3v) is 4.25. The minimum atomic E-state index is 0.561. The summed E-state index contributed by atoms with van der Waals surface area (Å²) in [6.07, 6.45) is 7.95. The Morgan fingerprint density at radius 3 is 2.69 bits per heavy atom. The zero-order valence-corrected chi connectivity index (χ0v) is 16.2. The van der Waals surface area contributed by atoms with E-state index in [-0.39, 0.29) is 0 Å². The summed E-state index contributed by atoms with van der Waals surface area (Å²) in [6, 6.07) is 7.72.